The molecule has 0 saturated carbocycles. The van der Waals surface area contributed by atoms with Crippen molar-refractivity contribution in [2.75, 3.05) is 44.3 Å². The van der Waals surface area contributed by atoms with E-state index in [4.69, 9.17) is 4.74 Å². The number of fused-ring (bicyclic) bond motifs is 1. The van der Waals surface area contributed by atoms with Crippen molar-refractivity contribution in [1.82, 2.24) is 15.2 Å². The Hall–Kier alpha value is -3.59. The van der Waals surface area contributed by atoms with Gasteiger partial charge in [-0.05, 0) is 48.2 Å². The Balaban J connectivity index is 1.59. The summed E-state index contributed by atoms with van der Waals surface area (Å²) in [7, 11) is 0. The number of pyridine rings is 1. The largest absolute Gasteiger partial charge is 0.392 e. The van der Waals surface area contributed by atoms with E-state index in [2.05, 4.69) is 15.2 Å². The molecule has 3 aromatic rings. The molecule has 198 valence electrons. The molecule has 2 amide bonds. The zero-order chi connectivity index (χ0) is 26.7. The number of rotatable bonds is 7. The summed E-state index contributed by atoms with van der Waals surface area (Å²) in [5.41, 5.74) is 2.60. The number of nitrogens with one attached hydrogen (secondary N) is 1. The van der Waals surface area contributed by atoms with Crippen LogP contribution in [0.1, 0.15) is 45.6 Å². The average Bonchev–Trinajstić information content (AvgIpc) is 2.96. The molecule has 2 atom stereocenters. The normalized spacial score (nSPS) is 21.7. The number of hydrogen-bond donors (Lipinski definition) is 2. The predicted molar refractivity (Wildman–Crippen MR) is 145 cm³/mol. The number of aliphatic hydroxyl groups is 1. The third kappa shape index (κ3) is 4.82. The van der Waals surface area contributed by atoms with Crippen LogP contribution in [0.15, 0.2) is 66.9 Å². The van der Waals surface area contributed by atoms with Gasteiger partial charge in [0.1, 0.15) is 5.82 Å². The molecule has 2 N–H and O–H groups in total. The first-order chi connectivity index (χ1) is 18.4. The highest BCUT2D eigenvalue weighted by atomic mass is 16.5. The number of morpholine rings is 1. The first-order valence-electron chi connectivity index (χ1n) is 13.1. The molecule has 0 spiro atoms. The Labute approximate surface area is 223 Å². The van der Waals surface area contributed by atoms with Gasteiger partial charge < -0.3 is 15.2 Å². The third-order valence-electron chi connectivity index (χ3n) is 7.65. The van der Waals surface area contributed by atoms with E-state index < -0.39 is 11.5 Å². The molecule has 8 heteroatoms. The van der Waals surface area contributed by atoms with Gasteiger partial charge >= 0.3 is 0 Å². The second-order valence-corrected chi connectivity index (χ2v) is 10.1. The first kappa shape index (κ1) is 26.0. The molecule has 0 unspecified atom stereocenters. The van der Waals surface area contributed by atoms with Crippen LogP contribution in [-0.4, -0.2) is 66.2 Å². The number of benzene rings is 2. The Kier molecular flexibility index (Phi) is 7.56. The van der Waals surface area contributed by atoms with Crippen LogP contribution in [0.3, 0.4) is 0 Å². The van der Waals surface area contributed by atoms with Crippen LogP contribution < -0.4 is 10.2 Å². The summed E-state index contributed by atoms with van der Waals surface area (Å²) in [6.45, 7) is 8.07. The van der Waals surface area contributed by atoms with E-state index in [0.717, 1.165) is 36.3 Å². The molecular formula is C30H34N4O4. The molecule has 2 aromatic carbocycles. The lowest BCUT2D eigenvalue weighted by atomic mass is 9.67. The van der Waals surface area contributed by atoms with Gasteiger partial charge in [-0.3, -0.25) is 19.4 Å². The van der Waals surface area contributed by atoms with Crippen LogP contribution in [0.4, 0.5) is 5.82 Å². The number of amides is 2. The second-order valence-electron chi connectivity index (χ2n) is 10.1. The highest BCUT2D eigenvalue weighted by molar-refractivity contribution is 6.12. The van der Waals surface area contributed by atoms with Gasteiger partial charge in [0.25, 0.3) is 5.91 Å². The van der Waals surface area contributed by atoms with Crippen molar-refractivity contribution in [1.29, 1.82) is 0 Å². The van der Waals surface area contributed by atoms with Gasteiger partial charge in [0.2, 0.25) is 5.91 Å². The van der Waals surface area contributed by atoms with Crippen molar-refractivity contribution < 1.29 is 19.4 Å². The maximum absolute atomic E-state index is 14.2. The quantitative estimate of drug-likeness (QED) is 0.504. The Morgan fingerprint density at radius 1 is 1.11 bits per heavy atom. The van der Waals surface area contributed by atoms with Gasteiger partial charge in [0.15, 0.2) is 0 Å². The van der Waals surface area contributed by atoms with Gasteiger partial charge in [-0.25, -0.2) is 4.98 Å². The van der Waals surface area contributed by atoms with Gasteiger partial charge in [-0.2, -0.15) is 0 Å². The van der Waals surface area contributed by atoms with E-state index in [1.807, 2.05) is 68.4 Å². The summed E-state index contributed by atoms with van der Waals surface area (Å²) in [6, 6.07) is 17.9. The molecule has 1 fully saturated rings. The monoisotopic (exact) mass is 514 g/mol. The standard InChI is InChI=1S/C30H34N4O4/c1-21-7-12-26(32-19-21)34-27(23-10-8-22(20-35)9-11-23)30(2,25-6-4-3-5-24(25)28(34)36)29(37)31-13-14-33-15-17-38-18-16-33/h3-12,19,27,35H,13-18,20H2,1-2H3,(H,31,37)/t27-,30-/m0/s1. The van der Waals surface area contributed by atoms with Crippen LogP contribution in [0.2, 0.25) is 0 Å². The minimum Gasteiger partial charge on any atom is -0.392 e. The van der Waals surface area contributed by atoms with Crippen molar-refractivity contribution in [3.63, 3.8) is 0 Å². The zero-order valence-corrected chi connectivity index (χ0v) is 21.9. The van der Waals surface area contributed by atoms with Crippen molar-refractivity contribution in [3.05, 3.63) is 94.7 Å². The maximum atomic E-state index is 14.2. The zero-order valence-electron chi connectivity index (χ0n) is 21.9. The van der Waals surface area contributed by atoms with E-state index in [1.165, 1.54) is 0 Å². The second kappa shape index (κ2) is 11.0. The van der Waals surface area contributed by atoms with E-state index in [-0.39, 0.29) is 18.4 Å². The average molecular weight is 515 g/mol. The fraction of sp³-hybridized carbons (Fsp3) is 0.367. The van der Waals surface area contributed by atoms with Crippen LogP contribution in [0, 0.1) is 6.92 Å². The van der Waals surface area contributed by atoms with Gasteiger partial charge in [0.05, 0.1) is 31.3 Å². The predicted octanol–water partition coefficient (Wildman–Crippen LogP) is 2.99. The number of aryl methyl sites for hydroxylation is 1. The summed E-state index contributed by atoms with van der Waals surface area (Å²) < 4.78 is 5.44. The summed E-state index contributed by atoms with van der Waals surface area (Å²) in [5, 5.41) is 12.8. The van der Waals surface area contributed by atoms with Crippen molar-refractivity contribution in [2.45, 2.75) is 31.9 Å². The number of hydrogen-bond acceptors (Lipinski definition) is 6. The van der Waals surface area contributed by atoms with Crippen molar-refractivity contribution >= 4 is 17.6 Å². The molecule has 2 aliphatic heterocycles. The molecular weight excluding hydrogens is 480 g/mol. The highest BCUT2D eigenvalue weighted by Gasteiger charge is 2.54. The number of anilines is 1. The number of carbonyl (C=O) groups is 2. The summed E-state index contributed by atoms with van der Waals surface area (Å²) in [4.78, 5) is 36.8. The smallest absolute Gasteiger partial charge is 0.260 e. The minimum absolute atomic E-state index is 0.0881. The van der Waals surface area contributed by atoms with Crippen LogP contribution >= 0.6 is 0 Å². The molecule has 1 saturated heterocycles. The number of nitrogens with zero attached hydrogens (tertiary/aromatic N) is 3. The molecule has 1 aromatic heterocycles. The molecule has 38 heavy (non-hydrogen) atoms. The summed E-state index contributed by atoms with van der Waals surface area (Å²) >= 11 is 0. The van der Waals surface area contributed by atoms with Gasteiger partial charge in [0, 0.05) is 37.9 Å². The van der Waals surface area contributed by atoms with Crippen LogP contribution in [0.25, 0.3) is 0 Å². The minimum atomic E-state index is -1.11. The van der Waals surface area contributed by atoms with Gasteiger partial charge in [-0.1, -0.05) is 48.5 Å². The van der Waals surface area contributed by atoms with Crippen molar-refractivity contribution in [2.24, 2.45) is 0 Å². The number of aromatic nitrogens is 1. The lowest BCUT2D eigenvalue weighted by molar-refractivity contribution is -0.127. The SMILES string of the molecule is Cc1ccc(N2C(=O)c3ccccc3[C@](C)(C(=O)NCCN3CCOCC3)[C@@H]2c2ccc(CO)cc2)nc1. The fourth-order valence-corrected chi connectivity index (χ4v) is 5.48. The molecule has 3 heterocycles. The van der Waals surface area contributed by atoms with E-state index in [1.54, 1.807) is 17.2 Å². The number of ether oxygens (including phenoxy) is 1. The fourth-order valence-electron chi connectivity index (χ4n) is 5.48. The van der Waals surface area contributed by atoms with E-state index >= 15 is 0 Å². The Bertz CT molecular complexity index is 1290. The molecule has 0 bridgehead atoms. The topological polar surface area (TPSA) is 95.0 Å². The molecule has 0 radical (unpaired) electrons. The van der Waals surface area contributed by atoms with E-state index in [9.17, 15) is 14.7 Å². The lowest BCUT2D eigenvalue weighted by Crippen LogP contribution is -2.58. The summed E-state index contributed by atoms with van der Waals surface area (Å²) in [5.74, 6) is 0.129. The lowest BCUT2D eigenvalue weighted by Gasteiger charge is -2.47. The molecule has 8 nitrogen and oxygen atoms in total. The van der Waals surface area contributed by atoms with Gasteiger partial charge in [-0.15, -0.1) is 0 Å². The number of carbonyl (C=O) groups excluding carboxylic acids is 2. The maximum Gasteiger partial charge on any atom is 0.260 e. The van der Waals surface area contributed by atoms with Crippen LogP contribution in [-0.2, 0) is 21.6 Å². The summed E-state index contributed by atoms with van der Waals surface area (Å²) in [6.07, 6.45) is 1.73. The molecule has 0 aliphatic carbocycles. The highest BCUT2D eigenvalue weighted by Crippen LogP contribution is 2.48. The Morgan fingerprint density at radius 3 is 2.53 bits per heavy atom. The van der Waals surface area contributed by atoms with E-state index in [0.29, 0.717) is 36.7 Å². The Morgan fingerprint density at radius 2 is 1.84 bits per heavy atom. The third-order valence-corrected chi connectivity index (χ3v) is 7.65. The number of aliphatic hydroxyl groups excluding tert-OH is 1. The van der Waals surface area contributed by atoms with Crippen LogP contribution in [0.5, 0.6) is 0 Å². The molecule has 2 aliphatic rings. The first-order valence-corrected chi connectivity index (χ1v) is 13.1. The molecule has 5 rings (SSSR count). The van der Waals surface area contributed by atoms with Crippen molar-refractivity contribution in [3.8, 4) is 0 Å².